The van der Waals surface area contributed by atoms with Crippen LogP contribution in [0.25, 0.3) is 11.4 Å². The summed E-state index contributed by atoms with van der Waals surface area (Å²) >= 11 is 5.97. The monoisotopic (exact) mass is 460 g/mol. The van der Waals surface area contributed by atoms with Gasteiger partial charge < -0.3 is 14.3 Å². The van der Waals surface area contributed by atoms with Crippen LogP contribution in [0.15, 0.2) is 28.8 Å². The molecule has 32 heavy (non-hydrogen) atoms. The minimum atomic E-state index is -0.261. The van der Waals surface area contributed by atoms with E-state index in [9.17, 15) is 9.59 Å². The van der Waals surface area contributed by atoms with Crippen molar-refractivity contribution in [3.05, 3.63) is 35.2 Å². The Balaban J connectivity index is 1.70. The topological polar surface area (TPSA) is 79.5 Å². The van der Waals surface area contributed by atoms with Gasteiger partial charge in [0.15, 0.2) is 0 Å². The number of hydrogen-bond acceptors (Lipinski definition) is 5. The number of aromatic nitrogens is 2. The van der Waals surface area contributed by atoms with Gasteiger partial charge in [-0.2, -0.15) is 4.98 Å². The van der Waals surface area contributed by atoms with Crippen molar-refractivity contribution in [2.75, 3.05) is 19.6 Å². The molecule has 1 fully saturated rings. The molecule has 174 valence electrons. The third-order valence-corrected chi connectivity index (χ3v) is 6.07. The van der Waals surface area contributed by atoms with Crippen LogP contribution >= 0.6 is 11.6 Å². The summed E-state index contributed by atoms with van der Waals surface area (Å²) in [5.74, 6) is 0.927. The number of carbonyl (C=O) groups is 2. The second-order valence-corrected chi connectivity index (χ2v) is 8.77. The SMILES string of the molecule is CCCCCC(=O)N(CCC)CC(=O)N1CCCCC1c1nc(-c2ccc(Cl)cc2)no1. The van der Waals surface area contributed by atoms with Crippen molar-refractivity contribution in [2.24, 2.45) is 0 Å². The summed E-state index contributed by atoms with van der Waals surface area (Å²) in [5.41, 5.74) is 0.810. The number of halogens is 1. The Labute approximate surface area is 195 Å². The van der Waals surface area contributed by atoms with E-state index in [1.54, 1.807) is 17.0 Å². The van der Waals surface area contributed by atoms with Crippen LogP contribution in [0.4, 0.5) is 0 Å². The number of likely N-dealkylation sites (tertiary alicyclic amines) is 1. The quantitative estimate of drug-likeness (QED) is 0.451. The lowest BCUT2D eigenvalue weighted by Gasteiger charge is -2.35. The van der Waals surface area contributed by atoms with E-state index in [2.05, 4.69) is 17.1 Å². The van der Waals surface area contributed by atoms with Gasteiger partial charge in [0, 0.05) is 30.1 Å². The zero-order valence-electron chi connectivity index (χ0n) is 19.1. The zero-order valence-corrected chi connectivity index (χ0v) is 19.8. The van der Waals surface area contributed by atoms with Crippen molar-refractivity contribution in [3.8, 4) is 11.4 Å². The molecule has 0 bridgehead atoms. The van der Waals surface area contributed by atoms with Gasteiger partial charge in [-0.15, -0.1) is 0 Å². The molecule has 1 aromatic heterocycles. The first-order chi connectivity index (χ1) is 15.5. The molecule has 0 saturated carbocycles. The summed E-state index contributed by atoms with van der Waals surface area (Å²) < 4.78 is 5.57. The lowest BCUT2D eigenvalue weighted by atomic mass is 10.0. The first kappa shape index (κ1) is 24.2. The molecule has 0 spiro atoms. The van der Waals surface area contributed by atoms with Gasteiger partial charge in [-0.05, 0) is 56.4 Å². The van der Waals surface area contributed by atoms with Crippen molar-refractivity contribution in [1.82, 2.24) is 19.9 Å². The molecular weight excluding hydrogens is 428 g/mol. The van der Waals surface area contributed by atoms with Crippen LogP contribution in [0.1, 0.15) is 77.1 Å². The van der Waals surface area contributed by atoms with E-state index in [1.165, 1.54) is 0 Å². The van der Waals surface area contributed by atoms with Crippen molar-refractivity contribution in [2.45, 2.75) is 71.3 Å². The molecule has 1 aromatic carbocycles. The Morgan fingerprint density at radius 1 is 1.16 bits per heavy atom. The lowest BCUT2D eigenvalue weighted by molar-refractivity contribution is -0.143. The number of piperidine rings is 1. The molecular formula is C24H33ClN4O3. The van der Waals surface area contributed by atoms with E-state index in [0.717, 1.165) is 50.5 Å². The maximum atomic E-state index is 13.2. The van der Waals surface area contributed by atoms with Crippen LogP contribution in [0.5, 0.6) is 0 Å². The van der Waals surface area contributed by atoms with E-state index in [0.29, 0.717) is 36.2 Å². The average Bonchev–Trinajstić information content (AvgIpc) is 3.29. The molecule has 7 nitrogen and oxygen atoms in total. The van der Waals surface area contributed by atoms with Gasteiger partial charge in [0.25, 0.3) is 0 Å². The summed E-state index contributed by atoms with van der Waals surface area (Å²) in [4.78, 5) is 34.0. The molecule has 2 amide bonds. The minimum Gasteiger partial charge on any atom is -0.337 e. The largest absolute Gasteiger partial charge is 0.337 e. The number of nitrogens with zero attached hydrogens (tertiary/aromatic N) is 4. The molecule has 0 aliphatic carbocycles. The maximum absolute atomic E-state index is 13.2. The molecule has 1 saturated heterocycles. The normalized spacial score (nSPS) is 16.2. The fourth-order valence-corrected chi connectivity index (χ4v) is 4.20. The lowest BCUT2D eigenvalue weighted by Crippen LogP contribution is -2.46. The van der Waals surface area contributed by atoms with Crippen molar-refractivity contribution in [1.29, 1.82) is 0 Å². The van der Waals surface area contributed by atoms with E-state index in [-0.39, 0.29) is 24.4 Å². The molecule has 2 heterocycles. The highest BCUT2D eigenvalue weighted by Gasteiger charge is 2.33. The van der Waals surface area contributed by atoms with Gasteiger partial charge in [-0.3, -0.25) is 9.59 Å². The van der Waals surface area contributed by atoms with Crippen LogP contribution in [-0.4, -0.2) is 51.4 Å². The highest BCUT2D eigenvalue weighted by molar-refractivity contribution is 6.30. The maximum Gasteiger partial charge on any atom is 0.249 e. The highest BCUT2D eigenvalue weighted by Crippen LogP contribution is 2.31. The summed E-state index contributed by atoms with van der Waals surface area (Å²) in [6, 6.07) is 6.98. The number of benzene rings is 1. The summed E-state index contributed by atoms with van der Waals surface area (Å²) in [5, 5.41) is 4.75. The predicted molar refractivity (Wildman–Crippen MR) is 124 cm³/mol. The van der Waals surface area contributed by atoms with Crippen LogP contribution in [0, 0.1) is 0 Å². The Morgan fingerprint density at radius 2 is 1.94 bits per heavy atom. The van der Waals surface area contributed by atoms with Crippen molar-refractivity contribution >= 4 is 23.4 Å². The first-order valence-electron chi connectivity index (χ1n) is 11.7. The number of hydrogen-bond donors (Lipinski definition) is 0. The van der Waals surface area contributed by atoms with Crippen molar-refractivity contribution in [3.63, 3.8) is 0 Å². The third kappa shape index (κ3) is 6.31. The summed E-state index contributed by atoms with van der Waals surface area (Å²) in [6.45, 7) is 5.47. The molecule has 1 aliphatic heterocycles. The smallest absolute Gasteiger partial charge is 0.249 e. The van der Waals surface area contributed by atoms with Gasteiger partial charge in [-0.1, -0.05) is 43.4 Å². The van der Waals surface area contributed by atoms with Gasteiger partial charge >= 0.3 is 0 Å². The predicted octanol–water partition coefficient (Wildman–Crippen LogP) is 5.26. The van der Waals surface area contributed by atoms with E-state index in [1.807, 2.05) is 24.0 Å². The molecule has 1 aliphatic rings. The molecule has 1 unspecified atom stereocenters. The molecule has 2 aromatic rings. The number of unbranched alkanes of at least 4 members (excludes halogenated alkanes) is 2. The highest BCUT2D eigenvalue weighted by atomic mass is 35.5. The summed E-state index contributed by atoms with van der Waals surface area (Å²) in [7, 11) is 0. The summed E-state index contributed by atoms with van der Waals surface area (Å²) in [6.07, 6.45) is 6.97. The molecule has 8 heteroatoms. The van der Waals surface area contributed by atoms with Gasteiger partial charge in [0.05, 0.1) is 6.54 Å². The Morgan fingerprint density at radius 3 is 2.66 bits per heavy atom. The standard InChI is InChI=1S/C24H33ClN4O3/c1-3-5-6-10-21(30)28(15-4-2)17-22(31)29-16-8-7-9-20(29)24-26-23(27-32-24)18-11-13-19(25)14-12-18/h11-14,20H,3-10,15-17H2,1-2H3. The zero-order chi connectivity index (χ0) is 22.9. The fraction of sp³-hybridized carbons (Fsp3) is 0.583. The van der Waals surface area contributed by atoms with Crippen LogP contribution in [-0.2, 0) is 9.59 Å². The first-order valence-corrected chi connectivity index (χ1v) is 12.1. The van der Waals surface area contributed by atoms with Crippen LogP contribution in [0.3, 0.4) is 0 Å². The molecule has 0 radical (unpaired) electrons. The van der Waals surface area contributed by atoms with E-state index >= 15 is 0 Å². The van der Waals surface area contributed by atoms with Gasteiger partial charge in [0.2, 0.25) is 23.5 Å². The van der Waals surface area contributed by atoms with Crippen LogP contribution in [0.2, 0.25) is 5.02 Å². The second kappa shape index (κ2) is 12.0. The Hall–Kier alpha value is -2.41. The van der Waals surface area contributed by atoms with Gasteiger partial charge in [0.1, 0.15) is 6.04 Å². The minimum absolute atomic E-state index is 0.0572. The fourth-order valence-electron chi connectivity index (χ4n) is 4.07. The van der Waals surface area contributed by atoms with Crippen molar-refractivity contribution < 1.29 is 14.1 Å². The van der Waals surface area contributed by atoms with E-state index < -0.39 is 0 Å². The third-order valence-electron chi connectivity index (χ3n) is 5.82. The number of carbonyl (C=O) groups excluding carboxylic acids is 2. The van der Waals surface area contributed by atoms with Gasteiger partial charge in [-0.25, -0.2) is 0 Å². The number of amides is 2. The van der Waals surface area contributed by atoms with Crippen LogP contribution < -0.4 is 0 Å². The molecule has 1 atom stereocenters. The Kier molecular flexibility index (Phi) is 9.09. The Bertz CT molecular complexity index is 884. The van der Waals surface area contributed by atoms with E-state index in [4.69, 9.17) is 16.1 Å². The second-order valence-electron chi connectivity index (χ2n) is 8.33. The molecule has 3 rings (SSSR count). The average molecular weight is 461 g/mol. The number of rotatable bonds is 10. The molecule has 0 N–H and O–H groups in total.